The summed E-state index contributed by atoms with van der Waals surface area (Å²) in [7, 11) is 0. The minimum absolute atomic E-state index is 0.436. The highest BCUT2D eigenvalue weighted by molar-refractivity contribution is 5.00. The monoisotopic (exact) mass is 167 g/mol. The highest BCUT2D eigenvalue weighted by atomic mass is 14.5. The second-order valence-electron chi connectivity index (χ2n) is 5.53. The molecule has 1 rings (SSSR count). The van der Waals surface area contributed by atoms with E-state index < -0.39 is 0 Å². The molecule has 3 atom stereocenters. The van der Waals surface area contributed by atoms with Gasteiger partial charge in [0.05, 0.1) is 6.92 Å². The molecule has 0 bridgehead atoms. The van der Waals surface area contributed by atoms with Gasteiger partial charge in [-0.1, -0.05) is 20.8 Å². The SMILES string of the molecule is [CH2+]C1(C)CC1CC(C)CC(C)C. The molecule has 0 aromatic rings. The maximum Gasteiger partial charge on any atom is 0.106 e. The van der Waals surface area contributed by atoms with E-state index >= 15 is 0 Å². The second-order valence-corrected chi connectivity index (χ2v) is 5.53. The summed E-state index contributed by atoms with van der Waals surface area (Å²) >= 11 is 0. The first-order valence-electron chi connectivity index (χ1n) is 5.27. The summed E-state index contributed by atoms with van der Waals surface area (Å²) in [6, 6.07) is 0. The zero-order valence-corrected chi connectivity index (χ0v) is 9.06. The molecule has 0 amide bonds. The van der Waals surface area contributed by atoms with Crippen LogP contribution in [0.25, 0.3) is 0 Å². The van der Waals surface area contributed by atoms with Crippen molar-refractivity contribution in [2.45, 2.75) is 47.0 Å². The zero-order valence-electron chi connectivity index (χ0n) is 9.06. The van der Waals surface area contributed by atoms with E-state index in [0.29, 0.717) is 5.41 Å². The van der Waals surface area contributed by atoms with Crippen LogP contribution < -0.4 is 0 Å². The molecule has 0 aromatic carbocycles. The molecule has 0 nitrogen and oxygen atoms in total. The Balaban J connectivity index is 2.16. The second kappa shape index (κ2) is 3.32. The average molecular weight is 167 g/mol. The Morgan fingerprint density at radius 3 is 2.25 bits per heavy atom. The van der Waals surface area contributed by atoms with Gasteiger partial charge in [0.1, 0.15) is 5.41 Å². The lowest BCUT2D eigenvalue weighted by molar-refractivity contribution is 0.380. The van der Waals surface area contributed by atoms with Crippen molar-refractivity contribution in [2.24, 2.45) is 23.2 Å². The minimum atomic E-state index is 0.436. The third kappa shape index (κ3) is 2.73. The molecule has 1 saturated carbocycles. The fourth-order valence-electron chi connectivity index (χ4n) is 2.26. The first kappa shape index (κ1) is 9.95. The molecule has 0 saturated heterocycles. The van der Waals surface area contributed by atoms with E-state index in [1.54, 1.807) is 0 Å². The molecule has 0 heterocycles. The van der Waals surface area contributed by atoms with E-state index in [9.17, 15) is 0 Å². The van der Waals surface area contributed by atoms with Crippen molar-refractivity contribution < 1.29 is 0 Å². The van der Waals surface area contributed by atoms with E-state index in [1.807, 2.05) is 0 Å². The molecule has 0 radical (unpaired) electrons. The molecule has 12 heavy (non-hydrogen) atoms. The van der Waals surface area contributed by atoms with E-state index in [-0.39, 0.29) is 0 Å². The molecule has 0 heteroatoms. The summed E-state index contributed by atoms with van der Waals surface area (Å²) < 4.78 is 0. The van der Waals surface area contributed by atoms with Gasteiger partial charge in [-0.05, 0) is 31.6 Å². The highest BCUT2D eigenvalue weighted by Crippen LogP contribution is 2.54. The van der Waals surface area contributed by atoms with Crippen LogP contribution in [0.1, 0.15) is 47.0 Å². The van der Waals surface area contributed by atoms with Gasteiger partial charge in [-0.2, -0.15) is 0 Å². The fourth-order valence-corrected chi connectivity index (χ4v) is 2.26. The lowest BCUT2D eigenvalue weighted by Crippen LogP contribution is -2.03. The van der Waals surface area contributed by atoms with E-state index in [0.717, 1.165) is 17.8 Å². The fraction of sp³-hybridized carbons (Fsp3) is 0.917. The Labute approximate surface area is 77.7 Å². The summed E-state index contributed by atoms with van der Waals surface area (Å²) in [6.07, 6.45) is 4.14. The van der Waals surface area contributed by atoms with Crippen LogP contribution >= 0.6 is 0 Å². The number of hydrogen-bond acceptors (Lipinski definition) is 0. The quantitative estimate of drug-likeness (QED) is 0.557. The van der Waals surface area contributed by atoms with E-state index in [2.05, 4.69) is 34.6 Å². The lowest BCUT2D eigenvalue weighted by atomic mass is 9.92. The maximum absolute atomic E-state index is 4.20. The Bertz CT molecular complexity index is 144. The lowest BCUT2D eigenvalue weighted by Gasteiger charge is -2.13. The van der Waals surface area contributed by atoms with Crippen molar-refractivity contribution in [1.29, 1.82) is 0 Å². The largest absolute Gasteiger partial charge is 0.106 e. The van der Waals surface area contributed by atoms with Crippen LogP contribution in [0.2, 0.25) is 0 Å². The van der Waals surface area contributed by atoms with Crippen LogP contribution in [0.3, 0.4) is 0 Å². The molecule has 1 aliphatic carbocycles. The molecule has 3 unspecified atom stereocenters. The minimum Gasteiger partial charge on any atom is -0.0628 e. The smallest absolute Gasteiger partial charge is 0.0628 e. The van der Waals surface area contributed by atoms with Crippen molar-refractivity contribution >= 4 is 0 Å². The highest BCUT2D eigenvalue weighted by Gasteiger charge is 2.52. The van der Waals surface area contributed by atoms with Crippen LogP contribution in [0, 0.1) is 30.1 Å². The third-order valence-corrected chi connectivity index (χ3v) is 3.10. The normalized spacial score (nSPS) is 36.9. The summed E-state index contributed by atoms with van der Waals surface area (Å²) in [5.41, 5.74) is 0.436. The van der Waals surface area contributed by atoms with Crippen molar-refractivity contribution in [1.82, 2.24) is 0 Å². The van der Waals surface area contributed by atoms with Crippen molar-refractivity contribution in [3.63, 3.8) is 0 Å². The summed E-state index contributed by atoms with van der Waals surface area (Å²) in [6.45, 7) is 13.5. The zero-order chi connectivity index (χ0) is 9.35. The maximum atomic E-state index is 4.20. The van der Waals surface area contributed by atoms with Crippen LogP contribution in [-0.4, -0.2) is 0 Å². The van der Waals surface area contributed by atoms with E-state index in [1.165, 1.54) is 19.3 Å². The van der Waals surface area contributed by atoms with Crippen LogP contribution in [-0.2, 0) is 0 Å². The van der Waals surface area contributed by atoms with Crippen molar-refractivity contribution in [3.05, 3.63) is 6.92 Å². The summed E-state index contributed by atoms with van der Waals surface area (Å²) in [5, 5.41) is 0. The Hall–Kier alpha value is -0.130. The first-order valence-corrected chi connectivity index (χ1v) is 5.27. The molecule has 0 aliphatic heterocycles. The summed E-state index contributed by atoms with van der Waals surface area (Å²) in [4.78, 5) is 0. The molecule has 1 fully saturated rings. The van der Waals surface area contributed by atoms with Crippen molar-refractivity contribution in [3.8, 4) is 0 Å². The van der Waals surface area contributed by atoms with Crippen molar-refractivity contribution in [2.75, 3.05) is 0 Å². The molecule has 70 valence electrons. The predicted molar refractivity (Wildman–Crippen MR) is 54.8 cm³/mol. The molecule has 0 N–H and O–H groups in total. The number of rotatable bonds is 4. The Kier molecular flexibility index (Phi) is 2.75. The van der Waals surface area contributed by atoms with Gasteiger partial charge in [-0.3, -0.25) is 0 Å². The van der Waals surface area contributed by atoms with Gasteiger partial charge >= 0.3 is 0 Å². The molecular formula is C12H23+. The van der Waals surface area contributed by atoms with Gasteiger partial charge in [0.25, 0.3) is 0 Å². The van der Waals surface area contributed by atoms with Gasteiger partial charge in [-0.25, -0.2) is 0 Å². The topological polar surface area (TPSA) is 0 Å². The molecule has 0 aromatic heterocycles. The third-order valence-electron chi connectivity index (χ3n) is 3.10. The van der Waals surface area contributed by atoms with Gasteiger partial charge in [0.15, 0.2) is 0 Å². The van der Waals surface area contributed by atoms with Gasteiger partial charge in [0.2, 0.25) is 0 Å². The van der Waals surface area contributed by atoms with Gasteiger partial charge in [0, 0.05) is 12.3 Å². The van der Waals surface area contributed by atoms with Crippen LogP contribution in [0.15, 0.2) is 0 Å². The van der Waals surface area contributed by atoms with Crippen LogP contribution in [0.4, 0.5) is 0 Å². The van der Waals surface area contributed by atoms with Crippen LogP contribution in [0.5, 0.6) is 0 Å². The van der Waals surface area contributed by atoms with Gasteiger partial charge < -0.3 is 0 Å². The average Bonchev–Trinajstić information content (AvgIpc) is 2.35. The summed E-state index contributed by atoms with van der Waals surface area (Å²) in [5.74, 6) is 2.68. The van der Waals surface area contributed by atoms with Gasteiger partial charge in [-0.15, -0.1) is 0 Å². The molecule has 1 aliphatic rings. The Morgan fingerprint density at radius 1 is 1.42 bits per heavy atom. The first-order chi connectivity index (χ1) is 5.42. The molecular weight excluding hydrogens is 144 g/mol. The standard InChI is InChI=1S/C12H23/c1-9(2)6-10(3)7-11-8-12(11,4)5/h9-11H,4,6-8H2,1-3,5H3/q+1. The van der Waals surface area contributed by atoms with E-state index in [4.69, 9.17) is 0 Å². The number of hydrogen-bond donors (Lipinski definition) is 0. The molecule has 0 spiro atoms. The predicted octanol–water partition coefficient (Wildman–Crippen LogP) is 3.92. The Morgan fingerprint density at radius 2 is 1.92 bits per heavy atom.